The maximum absolute atomic E-state index is 12.0. The highest BCUT2D eigenvalue weighted by Gasteiger charge is 2.09. The summed E-state index contributed by atoms with van der Waals surface area (Å²) >= 11 is 0. The number of rotatable bonds is 4. The molecule has 0 saturated carbocycles. The van der Waals surface area contributed by atoms with Gasteiger partial charge in [0.25, 0.3) is 0 Å². The van der Waals surface area contributed by atoms with Crippen LogP contribution in [0.3, 0.4) is 0 Å². The first-order valence-electron chi connectivity index (χ1n) is 8.05. The molecule has 1 N–H and O–H groups in total. The van der Waals surface area contributed by atoms with E-state index < -0.39 is 0 Å². The zero-order valence-corrected chi connectivity index (χ0v) is 15.4. The lowest BCUT2D eigenvalue weighted by Crippen LogP contribution is -2.09. The van der Waals surface area contributed by atoms with Crippen molar-refractivity contribution in [3.63, 3.8) is 0 Å². The summed E-state index contributed by atoms with van der Waals surface area (Å²) in [6, 6.07) is 14.3. The molecular formula is C20H28O4. The van der Waals surface area contributed by atoms with E-state index in [1.807, 2.05) is 46.8 Å². The van der Waals surface area contributed by atoms with Crippen LogP contribution in [0.1, 0.15) is 43.6 Å². The van der Waals surface area contributed by atoms with Crippen LogP contribution < -0.4 is 9.47 Å². The fraction of sp³-hybridized carbons (Fsp3) is 0.350. The van der Waals surface area contributed by atoms with Crippen molar-refractivity contribution >= 4 is 5.97 Å². The highest BCUT2D eigenvalue weighted by Crippen LogP contribution is 2.17. The molecule has 2 rings (SSSR count). The number of carbonyl (C=O) groups is 1. The standard InChI is InChI=1S/C17H18O3.C2H6.CH4O/c1-12(2)19-15-10-6-14(7-11-15)17(18)20-16-8-4-13(3)5-9-16;2*1-2/h4-12H,1-3H3;1-2H3;2H,1H3. The number of carbonyl (C=O) groups excluding carboxylic acids is 1. The monoisotopic (exact) mass is 332 g/mol. The minimum Gasteiger partial charge on any atom is -0.491 e. The van der Waals surface area contributed by atoms with Crippen LogP contribution in [0.25, 0.3) is 0 Å². The fourth-order valence-electron chi connectivity index (χ4n) is 1.71. The van der Waals surface area contributed by atoms with Gasteiger partial charge in [0.2, 0.25) is 0 Å². The molecule has 0 radical (unpaired) electrons. The van der Waals surface area contributed by atoms with Gasteiger partial charge in [0.05, 0.1) is 11.7 Å². The molecular weight excluding hydrogens is 304 g/mol. The molecule has 24 heavy (non-hydrogen) atoms. The lowest BCUT2D eigenvalue weighted by Gasteiger charge is -2.10. The summed E-state index contributed by atoms with van der Waals surface area (Å²) in [7, 11) is 1.00. The van der Waals surface area contributed by atoms with E-state index in [2.05, 4.69) is 0 Å². The van der Waals surface area contributed by atoms with Gasteiger partial charge in [-0.2, -0.15) is 0 Å². The Morgan fingerprint density at radius 2 is 1.33 bits per heavy atom. The minimum atomic E-state index is -0.370. The lowest BCUT2D eigenvalue weighted by molar-refractivity contribution is 0.0734. The molecule has 2 aromatic rings. The zero-order valence-electron chi connectivity index (χ0n) is 15.4. The average molecular weight is 332 g/mol. The Morgan fingerprint density at radius 3 is 1.79 bits per heavy atom. The van der Waals surface area contributed by atoms with Crippen molar-refractivity contribution in [1.29, 1.82) is 0 Å². The summed E-state index contributed by atoms with van der Waals surface area (Å²) in [4.78, 5) is 12.0. The molecule has 2 aromatic carbocycles. The summed E-state index contributed by atoms with van der Waals surface area (Å²) in [5.41, 5.74) is 1.63. The molecule has 0 spiro atoms. The number of benzene rings is 2. The van der Waals surface area contributed by atoms with Gasteiger partial charge in [-0.1, -0.05) is 31.5 Å². The van der Waals surface area contributed by atoms with Crippen LogP contribution in [-0.4, -0.2) is 24.3 Å². The van der Waals surface area contributed by atoms with Gasteiger partial charge in [-0.15, -0.1) is 0 Å². The summed E-state index contributed by atoms with van der Waals surface area (Å²) in [5.74, 6) is 0.917. The molecule has 0 aliphatic rings. The first-order chi connectivity index (χ1) is 11.5. The van der Waals surface area contributed by atoms with Crippen molar-refractivity contribution in [1.82, 2.24) is 0 Å². The Bertz CT molecular complexity index is 572. The Kier molecular flexibility index (Phi) is 11.0. The van der Waals surface area contributed by atoms with Crippen molar-refractivity contribution in [3.8, 4) is 11.5 Å². The van der Waals surface area contributed by atoms with E-state index in [1.165, 1.54) is 0 Å². The summed E-state index contributed by atoms with van der Waals surface area (Å²) in [5, 5.41) is 7.00. The molecule has 0 amide bonds. The molecule has 0 bridgehead atoms. The van der Waals surface area contributed by atoms with Gasteiger partial charge in [-0.05, 0) is 57.2 Å². The highest BCUT2D eigenvalue weighted by molar-refractivity contribution is 5.91. The topological polar surface area (TPSA) is 55.8 Å². The van der Waals surface area contributed by atoms with Gasteiger partial charge in [-0.25, -0.2) is 4.79 Å². The number of aryl methyl sites for hydroxylation is 1. The van der Waals surface area contributed by atoms with E-state index in [0.29, 0.717) is 11.3 Å². The average Bonchev–Trinajstić information content (AvgIpc) is 2.60. The second-order valence-corrected chi connectivity index (χ2v) is 4.89. The number of hydrogen-bond acceptors (Lipinski definition) is 4. The molecule has 4 heteroatoms. The van der Waals surface area contributed by atoms with Crippen LogP contribution in [-0.2, 0) is 0 Å². The number of aliphatic hydroxyl groups excluding tert-OH is 1. The molecule has 0 aliphatic carbocycles. The largest absolute Gasteiger partial charge is 0.491 e. The fourth-order valence-corrected chi connectivity index (χ4v) is 1.71. The Balaban J connectivity index is 0.00000123. The molecule has 0 fully saturated rings. The predicted octanol–water partition coefficient (Wildman–Crippen LogP) is 4.64. The van der Waals surface area contributed by atoms with E-state index >= 15 is 0 Å². The third kappa shape index (κ3) is 7.79. The van der Waals surface area contributed by atoms with Crippen molar-refractivity contribution < 1.29 is 19.4 Å². The quantitative estimate of drug-likeness (QED) is 0.655. The Labute approximate surface area is 145 Å². The Hall–Kier alpha value is -2.33. The van der Waals surface area contributed by atoms with Crippen molar-refractivity contribution in [2.24, 2.45) is 0 Å². The minimum absolute atomic E-state index is 0.111. The second-order valence-electron chi connectivity index (χ2n) is 4.89. The molecule has 0 aromatic heterocycles. The van der Waals surface area contributed by atoms with Gasteiger partial charge in [0.1, 0.15) is 11.5 Å². The van der Waals surface area contributed by atoms with E-state index in [1.54, 1.807) is 36.4 Å². The van der Waals surface area contributed by atoms with Crippen molar-refractivity contribution in [2.45, 2.75) is 40.7 Å². The number of aliphatic hydroxyl groups is 1. The van der Waals surface area contributed by atoms with E-state index in [0.717, 1.165) is 18.4 Å². The van der Waals surface area contributed by atoms with Gasteiger partial charge in [-0.3, -0.25) is 0 Å². The van der Waals surface area contributed by atoms with Crippen molar-refractivity contribution in [3.05, 3.63) is 59.7 Å². The molecule has 0 aliphatic heterocycles. The van der Waals surface area contributed by atoms with Gasteiger partial charge >= 0.3 is 5.97 Å². The summed E-state index contributed by atoms with van der Waals surface area (Å²) in [6.07, 6.45) is 0.111. The number of esters is 1. The summed E-state index contributed by atoms with van der Waals surface area (Å²) < 4.78 is 10.8. The maximum Gasteiger partial charge on any atom is 0.343 e. The normalized spacial score (nSPS) is 9.17. The van der Waals surface area contributed by atoms with Crippen LogP contribution in [0.15, 0.2) is 48.5 Å². The smallest absolute Gasteiger partial charge is 0.343 e. The molecule has 132 valence electrons. The SMILES string of the molecule is CC.CO.Cc1ccc(OC(=O)c2ccc(OC(C)C)cc2)cc1. The summed E-state index contributed by atoms with van der Waals surface area (Å²) in [6.45, 7) is 9.90. The van der Waals surface area contributed by atoms with E-state index in [9.17, 15) is 4.79 Å². The van der Waals surface area contributed by atoms with E-state index in [-0.39, 0.29) is 12.1 Å². The highest BCUT2D eigenvalue weighted by atomic mass is 16.5. The first-order valence-corrected chi connectivity index (χ1v) is 8.05. The third-order valence-electron chi connectivity index (χ3n) is 2.69. The molecule has 0 saturated heterocycles. The third-order valence-corrected chi connectivity index (χ3v) is 2.69. The second kappa shape index (κ2) is 12.1. The molecule has 0 atom stereocenters. The van der Waals surface area contributed by atoms with E-state index in [4.69, 9.17) is 14.6 Å². The number of hydrogen-bond donors (Lipinski definition) is 1. The first kappa shape index (κ1) is 21.7. The van der Waals surface area contributed by atoms with Crippen molar-refractivity contribution in [2.75, 3.05) is 7.11 Å². The van der Waals surface area contributed by atoms with Crippen LogP contribution in [0.5, 0.6) is 11.5 Å². The van der Waals surface area contributed by atoms with Crippen LogP contribution in [0.4, 0.5) is 0 Å². The van der Waals surface area contributed by atoms with Gasteiger partial charge < -0.3 is 14.6 Å². The molecule has 4 nitrogen and oxygen atoms in total. The lowest BCUT2D eigenvalue weighted by atomic mass is 10.2. The predicted molar refractivity (Wildman–Crippen MR) is 97.8 cm³/mol. The Morgan fingerprint density at radius 1 is 0.875 bits per heavy atom. The molecule has 0 heterocycles. The van der Waals surface area contributed by atoms with Gasteiger partial charge in [0.15, 0.2) is 0 Å². The zero-order chi connectivity index (χ0) is 18.5. The van der Waals surface area contributed by atoms with Gasteiger partial charge in [0, 0.05) is 7.11 Å². The molecule has 0 unspecified atom stereocenters. The maximum atomic E-state index is 12.0. The van der Waals surface area contributed by atoms with Crippen LogP contribution in [0, 0.1) is 6.92 Å². The number of ether oxygens (including phenoxy) is 2. The van der Waals surface area contributed by atoms with Crippen LogP contribution >= 0.6 is 0 Å². The van der Waals surface area contributed by atoms with Crippen LogP contribution in [0.2, 0.25) is 0 Å².